The summed E-state index contributed by atoms with van der Waals surface area (Å²) in [5, 5.41) is 4.31. The van der Waals surface area contributed by atoms with E-state index in [1.165, 1.54) is 75.2 Å². The van der Waals surface area contributed by atoms with Crippen molar-refractivity contribution in [3.05, 3.63) is 53.6 Å². The Hall–Kier alpha value is -2.64. The Labute approximate surface area is 332 Å². The van der Waals surface area contributed by atoms with E-state index in [2.05, 4.69) is 76.5 Å². The fraction of sp³-hybridized carbons (Fsp3) is 0.750. The predicted molar refractivity (Wildman–Crippen MR) is 220 cm³/mol. The third-order valence-corrected chi connectivity index (χ3v) is 17.8. The fourth-order valence-corrected chi connectivity index (χ4v) is 15.2. The number of amides is 1. The summed E-state index contributed by atoms with van der Waals surface area (Å²) < 4.78 is 10.8. The van der Waals surface area contributed by atoms with E-state index in [4.69, 9.17) is 9.47 Å². The van der Waals surface area contributed by atoms with Crippen LogP contribution in [0.1, 0.15) is 142 Å². The van der Waals surface area contributed by atoms with Crippen LogP contribution < -0.4 is 5.32 Å². The molecule has 3 saturated heterocycles. The smallest absolute Gasteiger partial charge is 0.411 e. The molecule has 55 heavy (non-hydrogen) atoms. The molecule has 2 bridgehead atoms. The topological polar surface area (TPSA) is 71.1 Å². The summed E-state index contributed by atoms with van der Waals surface area (Å²) >= 11 is 0. The van der Waals surface area contributed by atoms with E-state index in [1.54, 1.807) is 0 Å². The van der Waals surface area contributed by atoms with Crippen LogP contribution in [0.2, 0.25) is 0 Å². The molecule has 2 unspecified atom stereocenters. The third kappa shape index (κ3) is 5.84. The standard InChI is InChI=1S/C48H71N3O4/c1-30(2)34-18-23-48(49-26-27-50-29-33-28-39(50)51(33)42(53)55-43(3,4)5)25-24-46(9)36(40(34)48)16-17-38-45(8)21-19-35(31-12-14-32(15-13-31)41(52)54-11)44(6,7)37(45)20-22-47(38,46)10/h12-15,19,33-34,36-40,49H,1,16-18,20-29H2,2-11H3/t33?,34-,36+,37-,38+,39?,40+,45-,46+,47+,48-/m0/s1. The molecule has 0 spiro atoms. The second-order valence-electron chi connectivity index (χ2n) is 21.6. The number of methoxy groups -OCH3 is 1. The molecule has 4 saturated carbocycles. The van der Waals surface area contributed by atoms with Crippen LogP contribution in [0, 0.1) is 51.2 Å². The molecule has 3 heterocycles. The first-order valence-corrected chi connectivity index (χ1v) is 21.8. The van der Waals surface area contributed by atoms with Gasteiger partial charge in [0.2, 0.25) is 0 Å². The minimum atomic E-state index is -0.465. The first-order chi connectivity index (χ1) is 25.8. The molecule has 1 aromatic carbocycles. The number of esters is 1. The molecular formula is C48H71N3O4. The quantitative estimate of drug-likeness (QED) is 0.221. The van der Waals surface area contributed by atoms with E-state index in [9.17, 15) is 9.59 Å². The zero-order chi connectivity index (χ0) is 39.5. The number of hydrogen-bond acceptors (Lipinski definition) is 6. The fourth-order valence-electron chi connectivity index (χ4n) is 15.2. The van der Waals surface area contributed by atoms with Gasteiger partial charge in [0.1, 0.15) is 5.60 Å². The van der Waals surface area contributed by atoms with Gasteiger partial charge in [-0.15, -0.1) is 0 Å². The normalized spacial score (nSPS) is 41.5. The molecule has 8 aliphatic rings. The van der Waals surface area contributed by atoms with Crippen LogP contribution in [-0.4, -0.2) is 72.0 Å². The van der Waals surface area contributed by atoms with Crippen LogP contribution >= 0.6 is 0 Å². The summed E-state index contributed by atoms with van der Waals surface area (Å²) in [4.78, 5) is 29.7. The van der Waals surface area contributed by atoms with Crippen LogP contribution in [0.15, 0.2) is 42.5 Å². The highest BCUT2D eigenvalue weighted by atomic mass is 16.6. The Kier molecular flexibility index (Phi) is 9.40. The molecule has 1 aromatic rings. The van der Waals surface area contributed by atoms with Crippen molar-refractivity contribution in [3.8, 4) is 0 Å². The molecule has 7 fully saturated rings. The van der Waals surface area contributed by atoms with Gasteiger partial charge in [0.05, 0.1) is 24.9 Å². The number of carbonyl (C=O) groups is 2. The molecule has 0 radical (unpaired) electrons. The molecule has 5 aliphatic carbocycles. The van der Waals surface area contributed by atoms with E-state index >= 15 is 0 Å². The maximum Gasteiger partial charge on any atom is 0.411 e. The lowest BCUT2D eigenvalue weighted by atomic mass is 9.33. The summed E-state index contributed by atoms with van der Waals surface area (Å²) in [7, 11) is 1.45. The maximum atomic E-state index is 13.0. The lowest BCUT2D eigenvalue weighted by Gasteiger charge is -2.72. The average molecular weight is 754 g/mol. The predicted octanol–water partition coefficient (Wildman–Crippen LogP) is 10.1. The Morgan fingerprint density at radius 1 is 0.927 bits per heavy atom. The summed E-state index contributed by atoms with van der Waals surface area (Å²) in [5.74, 6) is 2.92. The van der Waals surface area contributed by atoms with Crippen molar-refractivity contribution in [2.45, 2.75) is 150 Å². The average Bonchev–Trinajstić information content (AvgIpc) is 3.80. The van der Waals surface area contributed by atoms with Crippen molar-refractivity contribution in [2.75, 3.05) is 26.7 Å². The zero-order valence-corrected chi connectivity index (χ0v) is 35.9. The lowest BCUT2D eigenvalue weighted by molar-refractivity contribution is -0.219. The molecule has 9 rings (SSSR count). The highest BCUT2D eigenvalue weighted by Crippen LogP contribution is 2.76. The number of allylic oxidation sites excluding steroid dienone is 3. The largest absolute Gasteiger partial charge is 0.465 e. The first-order valence-electron chi connectivity index (χ1n) is 21.8. The van der Waals surface area contributed by atoms with Gasteiger partial charge in [0, 0.05) is 31.6 Å². The first kappa shape index (κ1) is 39.2. The van der Waals surface area contributed by atoms with Gasteiger partial charge < -0.3 is 14.8 Å². The minimum absolute atomic E-state index is 0.0424. The monoisotopic (exact) mass is 754 g/mol. The summed E-state index contributed by atoms with van der Waals surface area (Å²) in [6.45, 7) is 28.9. The number of carbonyl (C=O) groups excluding carboxylic acids is 2. The van der Waals surface area contributed by atoms with Crippen LogP contribution in [0.5, 0.6) is 0 Å². The van der Waals surface area contributed by atoms with Gasteiger partial charge in [-0.1, -0.05) is 65.0 Å². The van der Waals surface area contributed by atoms with Gasteiger partial charge in [-0.25, -0.2) is 9.59 Å². The molecule has 7 nitrogen and oxygen atoms in total. The van der Waals surface area contributed by atoms with Crippen molar-refractivity contribution < 1.29 is 19.1 Å². The van der Waals surface area contributed by atoms with Gasteiger partial charge in [-0.2, -0.15) is 0 Å². The molecular weight excluding hydrogens is 683 g/mol. The number of hydrogen-bond donors (Lipinski definition) is 1. The molecule has 0 aromatic heterocycles. The molecule has 11 atom stereocenters. The second-order valence-corrected chi connectivity index (χ2v) is 21.6. The Bertz CT molecular complexity index is 1740. The van der Waals surface area contributed by atoms with Gasteiger partial charge in [-0.3, -0.25) is 9.80 Å². The molecule has 3 aliphatic heterocycles. The number of nitrogens with zero attached hydrogens (tertiary/aromatic N) is 2. The Morgan fingerprint density at radius 3 is 2.33 bits per heavy atom. The second kappa shape index (κ2) is 13.2. The molecule has 7 heteroatoms. The van der Waals surface area contributed by atoms with Gasteiger partial charge in [0.15, 0.2) is 0 Å². The van der Waals surface area contributed by atoms with E-state index in [-0.39, 0.29) is 34.6 Å². The van der Waals surface area contributed by atoms with Crippen molar-refractivity contribution in [1.82, 2.24) is 15.1 Å². The van der Waals surface area contributed by atoms with E-state index in [1.807, 2.05) is 37.8 Å². The van der Waals surface area contributed by atoms with E-state index in [0.29, 0.717) is 52.0 Å². The Morgan fingerprint density at radius 2 is 1.65 bits per heavy atom. The van der Waals surface area contributed by atoms with E-state index in [0.717, 1.165) is 32.5 Å². The van der Waals surface area contributed by atoms with Crippen LogP contribution in [-0.2, 0) is 9.47 Å². The van der Waals surface area contributed by atoms with Gasteiger partial charge in [0.25, 0.3) is 0 Å². The van der Waals surface area contributed by atoms with Crippen molar-refractivity contribution in [3.63, 3.8) is 0 Å². The van der Waals surface area contributed by atoms with Crippen LogP contribution in [0.4, 0.5) is 4.79 Å². The highest BCUT2D eigenvalue weighted by molar-refractivity contribution is 5.90. The minimum Gasteiger partial charge on any atom is -0.465 e. The summed E-state index contributed by atoms with van der Waals surface area (Å²) in [5.41, 5.74) is 5.27. The van der Waals surface area contributed by atoms with Crippen molar-refractivity contribution >= 4 is 17.6 Å². The number of nitrogens with one attached hydrogen (secondary N) is 1. The molecule has 1 N–H and O–H groups in total. The summed E-state index contributed by atoms with van der Waals surface area (Å²) in [6, 6.07) is 8.43. The van der Waals surface area contributed by atoms with Crippen molar-refractivity contribution in [1.29, 1.82) is 0 Å². The number of rotatable bonds is 7. The number of fused-ring (bicyclic) bond motifs is 8. The lowest BCUT2D eigenvalue weighted by Crippen LogP contribution is -2.68. The summed E-state index contributed by atoms with van der Waals surface area (Å²) in [6.07, 6.45) is 15.1. The molecule has 1 amide bonds. The number of ether oxygens (including phenoxy) is 2. The van der Waals surface area contributed by atoms with E-state index < -0.39 is 5.60 Å². The SMILES string of the molecule is C=C(C)[C@@H]1CC[C@]2(NCCN3CC4CC3N4C(=O)OC(C)(C)C)CC[C@]3(C)[C@H](CC[C@@H]4[C@@]5(C)CC=C(c6ccc(C(=O)OC)cc6)C(C)(C)[C@@H]5CC[C@]43C)[C@@H]12. The van der Waals surface area contributed by atoms with Gasteiger partial charge in [-0.05, 0) is 160 Å². The van der Waals surface area contributed by atoms with Crippen molar-refractivity contribution in [2.24, 2.45) is 51.2 Å². The zero-order valence-electron chi connectivity index (χ0n) is 35.9. The van der Waals surface area contributed by atoms with Crippen LogP contribution in [0.25, 0.3) is 5.57 Å². The Balaban J connectivity index is 1.01. The maximum absolute atomic E-state index is 13.0. The molecule has 302 valence electrons. The highest BCUT2D eigenvalue weighted by Gasteiger charge is 2.70. The van der Waals surface area contributed by atoms with Crippen LogP contribution in [0.3, 0.4) is 0 Å². The number of benzene rings is 1. The van der Waals surface area contributed by atoms with Gasteiger partial charge >= 0.3 is 12.1 Å². The third-order valence-electron chi connectivity index (χ3n) is 17.8.